The molecule has 2 aromatic carbocycles. The fourth-order valence-electron chi connectivity index (χ4n) is 1.99. The van der Waals surface area contributed by atoms with E-state index in [4.69, 9.17) is 5.11 Å². The van der Waals surface area contributed by atoms with Crippen LogP contribution in [0.5, 0.6) is 0 Å². The summed E-state index contributed by atoms with van der Waals surface area (Å²) in [5.41, 5.74) is 1.89. The van der Waals surface area contributed by atoms with Crippen LogP contribution in [0.3, 0.4) is 0 Å². The number of hydrogen-bond donors (Lipinski definition) is 3. The van der Waals surface area contributed by atoms with Gasteiger partial charge in [-0.3, -0.25) is 9.59 Å². The van der Waals surface area contributed by atoms with E-state index in [1.807, 2.05) is 30.3 Å². The van der Waals surface area contributed by atoms with Crippen molar-refractivity contribution >= 4 is 29.2 Å². The molecule has 6 heteroatoms. The Morgan fingerprint density at radius 3 is 2.21 bits per heavy atom. The van der Waals surface area contributed by atoms with Crippen molar-refractivity contribution in [3.05, 3.63) is 72.3 Å². The van der Waals surface area contributed by atoms with Crippen molar-refractivity contribution in [2.75, 3.05) is 10.6 Å². The summed E-state index contributed by atoms with van der Waals surface area (Å²) >= 11 is 0. The smallest absolute Gasteiger partial charge is 0.328 e. The van der Waals surface area contributed by atoms with Crippen molar-refractivity contribution in [1.82, 2.24) is 0 Å². The summed E-state index contributed by atoms with van der Waals surface area (Å²) < 4.78 is 0. The molecular formula is C18H16N2O4. The number of carbonyl (C=O) groups is 3. The molecule has 2 amide bonds. The molecule has 2 aromatic rings. The minimum atomic E-state index is -1.20. The molecular weight excluding hydrogens is 308 g/mol. The molecule has 0 atom stereocenters. The summed E-state index contributed by atoms with van der Waals surface area (Å²) in [5.74, 6) is -1.94. The van der Waals surface area contributed by atoms with Crippen LogP contribution in [0.2, 0.25) is 0 Å². The number of hydrogen-bond acceptors (Lipinski definition) is 3. The maximum absolute atomic E-state index is 12.0. The van der Waals surface area contributed by atoms with Crippen LogP contribution < -0.4 is 10.6 Å². The van der Waals surface area contributed by atoms with E-state index in [-0.39, 0.29) is 12.3 Å². The van der Waals surface area contributed by atoms with Gasteiger partial charge >= 0.3 is 5.97 Å². The van der Waals surface area contributed by atoms with Gasteiger partial charge in [-0.2, -0.15) is 0 Å². The molecule has 3 N–H and O–H groups in total. The molecule has 0 saturated heterocycles. The Bertz CT molecular complexity index is 770. The lowest BCUT2D eigenvalue weighted by Gasteiger charge is -2.08. The van der Waals surface area contributed by atoms with E-state index < -0.39 is 11.9 Å². The Hall–Kier alpha value is -3.41. The molecule has 0 bridgehead atoms. The highest BCUT2D eigenvalue weighted by Gasteiger charge is 2.05. The fourth-order valence-corrected chi connectivity index (χ4v) is 1.99. The third-order valence-electron chi connectivity index (χ3n) is 3.00. The Kier molecular flexibility index (Phi) is 5.85. The third kappa shape index (κ3) is 5.76. The van der Waals surface area contributed by atoms with Gasteiger partial charge in [-0.15, -0.1) is 0 Å². The van der Waals surface area contributed by atoms with E-state index in [1.165, 1.54) is 0 Å². The maximum Gasteiger partial charge on any atom is 0.328 e. The highest BCUT2D eigenvalue weighted by atomic mass is 16.4. The van der Waals surface area contributed by atoms with Gasteiger partial charge in [0, 0.05) is 23.5 Å². The quantitative estimate of drug-likeness (QED) is 0.711. The Morgan fingerprint density at radius 1 is 0.875 bits per heavy atom. The molecule has 0 fully saturated rings. The first-order valence-corrected chi connectivity index (χ1v) is 7.19. The maximum atomic E-state index is 12.0. The number of carbonyl (C=O) groups excluding carboxylic acids is 2. The van der Waals surface area contributed by atoms with Gasteiger partial charge in [0.05, 0.1) is 6.42 Å². The zero-order valence-electron chi connectivity index (χ0n) is 12.7. The molecule has 0 aliphatic rings. The number of anilines is 2. The largest absolute Gasteiger partial charge is 0.478 e. The van der Waals surface area contributed by atoms with E-state index in [0.29, 0.717) is 11.4 Å². The number of aliphatic carboxylic acids is 1. The molecule has 6 nitrogen and oxygen atoms in total. The average molecular weight is 324 g/mol. The van der Waals surface area contributed by atoms with Gasteiger partial charge in [0.1, 0.15) is 0 Å². The molecule has 0 aliphatic carbocycles. The standard InChI is InChI=1S/C18H16N2O4/c21-16(9-10-18(23)24)19-14-7-4-8-15(12-14)20-17(22)11-13-5-2-1-3-6-13/h1-10,12H,11H2,(H,19,21)(H,20,22)(H,23,24)/b10-9-. The lowest BCUT2D eigenvalue weighted by molar-refractivity contribution is -0.131. The first kappa shape index (κ1) is 17.0. The molecule has 0 unspecified atom stereocenters. The number of rotatable bonds is 6. The molecule has 122 valence electrons. The third-order valence-corrected chi connectivity index (χ3v) is 3.00. The SMILES string of the molecule is O=C(O)/C=C\C(=O)Nc1cccc(NC(=O)Cc2ccccc2)c1. The summed E-state index contributed by atoms with van der Waals surface area (Å²) in [6, 6.07) is 15.9. The number of nitrogens with one attached hydrogen (secondary N) is 2. The molecule has 0 aliphatic heterocycles. The lowest BCUT2D eigenvalue weighted by Crippen LogP contribution is -2.15. The fraction of sp³-hybridized carbons (Fsp3) is 0.0556. The average Bonchev–Trinajstić information content (AvgIpc) is 2.54. The topological polar surface area (TPSA) is 95.5 Å². The minimum absolute atomic E-state index is 0.171. The zero-order chi connectivity index (χ0) is 17.4. The molecule has 0 aromatic heterocycles. The number of carboxylic acid groups (broad SMARTS) is 1. The van der Waals surface area contributed by atoms with Crippen molar-refractivity contribution in [3.63, 3.8) is 0 Å². The first-order chi connectivity index (χ1) is 11.5. The van der Waals surface area contributed by atoms with Crippen LogP contribution in [-0.2, 0) is 20.8 Å². The van der Waals surface area contributed by atoms with Crippen molar-refractivity contribution < 1.29 is 19.5 Å². The second-order valence-electron chi connectivity index (χ2n) is 4.95. The van der Waals surface area contributed by atoms with Crippen LogP contribution >= 0.6 is 0 Å². The molecule has 24 heavy (non-hydrogen) atoms. The van der Waals surface area contributed by atoms with Gasteiger partial charge in [-0.25, -0.2) is 4.79 Å². The second kappa shape index (κ2) is 8.28. The van der Waals surface area contributed by atoms with Crippen molar-refractivity contribution in [1.29, 1.82) is 0 Å². The first-order valence-electron chi connectivity index (χ1n) is 7.19. The Balaban J connectivity index is 1.96. The van der Waals surface area contributed by atoms with E-state index >= 15 is 0 Å². The van der Waals surface area contributed by atoms with Gasteiger partial charge in [0.2, 0.25) is 11.8 Å². The zero-order valence-corrected chi connectivity index (χ0v) is 12.7. The monoisotopic (exact) mass is 324 g/mol. The Labute approximate surface area is 138 Å². The highest BCUT2D eigenvalue weighted by Crippen LogP contribution is 2.15. The summed E-state index contributed by atoms with van der Waals surface area (Å²) in [4.78, 5) is 33.9. The van der Waals surface area contributed by atoms with Crippen LogP contribution in [0.1, 0.15) is 5.56 Å². The summed E-state index contributed by atoms with van der Waals surface area (Å²) in [6.07, 6.45) is 1.92. The van der Waals surface area contributed by atoms with Crippen LogP contribution in [0.25, 0.3) is 0 Å². The molecule has 0 heterocycles. The van der Waals surface area contributed by atoms with E-state index in [9.17, 15) is 14.4 Å². The predicted molar refractivity (Wildman–Crippen MR) is 90.6 cm³/mol. The highest BCUT2D eigenvalue weighted by molar-refractivity contribution is 6.02. The van der Waals surface area contributed by atoms with Crippen LogP contribution in [0, 0.1) is 0 Å². The van der Waals surface area contributed by atoms with Gasteiger partial charge < -0.3 is 15.7 Å². The summed E-state index contributed by atoms with van der Waals surface area (Å²) in [7, 11) is 0. The van der Waals surface area contributed by atoms with E-state index in [0.717, 1.165) is 17.7 Å². The van der Waals surface area contributed by atoms with Gasteiger partial charge in [-0.05, 0) is 23.8 Å². The predicted octanol–water partition coefficient (Wildman–Crippen LogP) is 2.45. The normalized spacial score (nSPS) is 10.3. The van der Waals surface area contributed by atoms with Crippen LogP contribution in [-0.4, -0.2) is 22.9 Å². The lowest BCUT2D eigenvalue weighted by atomic mass is 10.1. The molecule has 0 radical (unpaired) electrons. The molecule has 0 saturated carbocycles. The van der Waals surface area contributed by atoms with Gasteiger partial charge in [0.25, 0.3) is 0 Å². The van der Waals surface area contributed by atoms with E-state index in [1.54, 1.807) is 24.3 Å². The molecule has 0 spiro atoms. The number of benzene rings is 2. The van der Waals surface area contributed by atoms with Gasteiger partial charge in [0.15, 0.2) is 0 Å². The summed E-state index contributed by atoms with van der Waals surface area (Å²) in [5, 5.41) is 13.8. The van der Waals surface area contributed by atoms with Gasteiger partial charge in [-0.1, -0.05) is 36.4 Å². The summed E-state index contributed by atoms with van der Waals surface area (Å²) in [6.45, 7) is 0. The minimum Gasteiger partial charge on any atom is -0.478 e. The van der Waals surface area contributed by atoms with Crippen molar-refractivity contribution in [2.45, 2.75) is 6.42 Å². The molecule has 2 rings (SSSR count). The Morgan fingerprint density at radius 2 is 1.54 bits per heavy atom. The van der Waals surface area contributed by atoms with Crippen LogP contribution in [0.15, 0.2) is 66.7 Å². The van der Waals surface area contributed by atoms with E-state index in [2.05, 4.69) is 10.6 Å². The number of carboxylic acids is 1. The number of amides is 2. The van der Waals surface area contributed by atoms with Crippen molar-refractivity contribution in [2.24, 2.45) is 0 Å². The van der Waals surface area contributed by atoms with Crippen molar-refractivity contribution in [3.8, 4) is 0 Å². The van der Waals surface area contributed by atoms with Crippen LogP contribution in [0.4, 0.5) is 11.4 Å². The second-order valence-corrected chi connectivity index (χ2v) is 4.95.